The summed E-state index contributed by atoms with van der Waals surface area (Å²) < 4.78 is 22.8. The van der Waals surface area contributed by atoms with Crippen LogP contribution in [-0.4, -0.2) is 40.2 Å². The molecule has 0 saturated carbocycles. The van der Waals surface area contributed by atoms with Crippen molar-refractivity contribution in [3.63, 3.8) is 0 Å². The van der Waals surface area contributed by atoms with E-state index in [-0.39, 0.29) is 5.94 Å². The van der Waals surface area contributed by atoms with Crippen molar-refractivity contribution in [2.75, 3.05) is 25.6 Å². The van der Waals surface area contributed by atoms with Gasteiger partial charge in [-0.05, 0) is 55.6 Å². The van der Waals surface area contributed by atoms with Crippen molar-refractivity contribution in [1.82, 2.24) is 15.3 Å². The van der Waals surface area contributed by atoms with Gasteiger partial charge in [-0.15, -0.1) is 0 Å². The van der Waals surface area contributed by atoms with Crippen LogP contribution in [0, 0.1) is 5.92 Å². The lowest BCUT2D eigenvalue weighted by Crippen LogP contribution is -2.30. The number of rotatable bonds is 4. The van der Waals surface area contributed by atoms with Crippen LogP contribution in [0.2, 0.25) is 0 Å². The van der Waals surface area contributed by atoms with Gasteiger partial charge < -0.3 is 19.3 Å². The third-order valence-corrected chi connectivity index (χ3v) is 5.54. The summed E-state index contributed by atoms with van der Waals surface area (Å²) in [6.45, 7) is 2.78. The highest BCUT2D eigenvalue weighted by Gasteiger charge is 2.26. The molecule has 1 aromatic carbocycles. The fourth-order valence-corrected chi connectivity index (χ4v) is 3.87. The SMILES string of the molecule is [O-][S+]1COc2cc(-c3cnc(OCC4CCNCC4)nc3)ccc21. The molecule has 1 fully saturated rings. The van der Waals surface area contributed by atoms with Crippen molar-refractivity contribution in [2.24, 2.45) is 5.92 Å². The van der Waals surface area contributed by atoms with Gasteiger partial charge in [0.05, 0.1) is 6.61 Å². The highest BCUT2D eigenvalue weighted by Crippen LogP contribution is 2.35. The normalized spacial score (nSPS) is 20.5. The molecule has 1 unspecified atom stereocenters. The van der Waals surface area contributed by atoms with E-state index in [4.69, 9.17) is 9.47 Å². The second-order valence-electron chi connectivity index (χ2n) is 6.03. The first-order chi connectivity index (χ1) is 11.8. The first-order valence-electron chi connectivity index (χ1n) is 8.11. The van der Waals surface area contributed by atoms with E-state index in [1.165, 1.54) is 0 Å². The van der Waals surface area contributed by atoms with Crippen LogP contribution in [0.25, 0.3) is 11.1 Å². The molecule has 24 heavy (non-hydrogen) atoms. The van der Waals surface area contributed by atoms with Gasteiger partial charge in [-0.25, -0.2) is 9.97 Å². The van der Waals surface area contributed by atoms with E-state index in [1.807, 2.05) is 18.2 Å². The molecule has 126 valence electrons. The maximum atomic E-state index is 11.7. The predicted octanol–water partition coefficient (Wildman–Crippen LogP) is 1.98. The molecule has 2 aliphatic heterocycles. The van der Waals surface area contributed by atoms with Crippen LogP contribution in [0.5, 0.6) is 11.8 Å². The maximum Gasteiger partial charge on any atom is 0.316 e. The number of piperidine rings is 1. The lowest BCUT2D eigenvalue weighted by Gasteiger charge is -2.21. The predicted molar refractivity (Wildman–Crippen MR) is 90.5 cm³/mol. The molecule has 0 amide bonds. The van der Waals surface area contributed by atoms with Gasteiger partial charge in [0, 0.05) is 29.1 Å². The Morgan fingerprint density at radius 3 is 2.79 bits per heavy atom. The molecule has 1 saturated heterocycles. The molecular formula is C17H19N3O3S. The van der Waals surface area contributed by atoms with Gasteiger partial charge in [0.15, 0.2) is 10.6 Å². The minimum absolute atomic E-state index is 0.235. The van der Waals surface area contributed by atoms with Gasteiger partial charge in [0.25, 0.3) is 5.94 Å². The Balaban J connectivity index is 1.42. The van der Waals surface area contributed by atoms with Gasteiger partial charge in [0.1, 0.15) is 0 Å². The summed E-state index contributed by atoms with van der Waals surface area (Å²) >= 11 is -1.05. The topological polar surface area (TPSA) is 79.3 Å². The molecule has 3 heterocycles. The van der Waals surface area contributed by atoms with Crippen LogP contribution in [0.3, 0.4) is 0 Å². The molecule has 2 aromatic rings. The van der Waals surface area contributed by atoms with Crippen molar-refractivity contribution >= 4 is 11.2 Å². The first kappa shape index (κ1) is 15.7. The summed E-state index contributed by atoms with van der Waals surface area (Å²) in [4.78, 5) is 9.35. The Bertz CT molecular complexity index is 705. The Morgan fingerprint density at radius 2 is 2.00 bits per heavy atom. The van der Waals surface area contributed by atoms with E-state index < -0.39 is 11.2 Å². The van der Waals surface area contributed by atoms with Crippen LogP contribution in [0.4, 0.5) is 0 Å². The van der Waals surface area contributed by atoms with Crippen molar-refractivity contribution in [1.29, 1.82) is 0 Å². The third kappa shape index (κ3) is 3.33. The zero-order valence-corrected chi connectivity index (χ0v) is 14.1. The quantitative estimate of drug-likeness (QED) is 0.854. The fraction of sp³-hybridized carbons (Fsp3) is 0.412. The van der Waals surface area contributed by atoms with Gasteiger partial charge in [0.2, 0.25) is 0 Å². The number of benzene rings is 1. The lowest BCUT2D eigenvalue weighted by molar-refractivity contribution is 0.202. The van der Waals surface area contributed by atoms with Crippen LogP contribution < -0.4 is 14.8 Å². The van der Waals surface area contributed by atoms with E-state index in [1.54, 1.807) is 12.4 Å². The summed E-state index contributed by atoms with van der Waals surface area (Å²) in [7, 11) is 0. The van der Waals surface area contributed by atoms with Crippen molar-refractivity contribution < 1.29 is 14.0 Å². The largest absolute Gasteiger partial charge is 0.609 e. The van der Waals surface area contributed by atoms with Crippen molar-refractivity contribution in [2.45, 2.75) is 17.7 Å². The average molecular weight is 345 g/mol. The van der Waals surface area contributed by atoms with E-state index in [0.29, 0.717) is 24.3 Å². The average Bonchev–Trinajstić information content (AvgIpc) is 3.02. The summed E-state index contributed by atoms with van der Waals surface area (Å²) in [6, 6.07) is 6.06. The molecule has 7 heteroatoms. The Morgan fingerprint density at radius 1 is 1.21 bits per heavy atom. The number of nitrogens with one attached hydrogen (secondary N) is 1. The second-order valence-corrected chi connectivity index (χ2v) is 7.39. The number of hydrogen-bond acceptors (Lipinski definition) is 6. The van der Waals surface area contributed by atoms with Crippen molar-refractivity contribution in [3.8, 4) is 22.9 Å². The Kier molecular flexibility index (Phi) is 4.55. The molecule has 0 spiro atoms. The smallest absolute Gasteiger partial charge is 0.316 e. The van der Waals surface area contributed by atoms with Crippen LogP contribution in [0.1, 0.15) is 12.8 Å². The Hall–Kier alpha value is -1.83. The number of hydrogen-bond donors (Lipinski definition) is 1. The molecule has 1 aromatic heterocycles. The van der Waals surface area contributed by atoms with Gasteiger partial charge in [-0.3, -0.25) is 0 Å². The minimum Gasteiger partial charge on any atom is -0.609 e. The molecule has 6 nitrogen and oxygen atoms in total. The standard InChI is InChI=1S/C17H19N3O3S/c21-24-11-23-15-7-13(1-2-16(15)24)14-8-19-17(20-9-14)22-10-12-3-5-18-6-4-12/h1-2,7-9,12,18H,3-6,10-11H2. The Labute approximate surface area is 143 Å². The summed E-state index contributed by atoms with van der Waals surface area (Å²) in [5.41, 5.74) is 1.82. The molecule has 0 bridgehead atoms. The van der Waals surface area contributed by atoms with Gasteiger partial charge in [-0.2, -0.15) is 0 Å². The molecule has 0 aliphatic carbocycles. The van der Waals surface area contributed by atoms with Crippen LogP contribution >= 0.6 is 0 Å². The fourth-order valence-electron chi connectivity index (χ4n) is 2.95. The molecule has 1 N–H and O–H groups in total. The van der Waals surface area contributed by atoms with Gasteiger partial charge in [-0.1, -0.05) is 0 Å². The highest BCUT2D eigenvalue weighted by atomic mass is 32.2. The first-order valence-corrected chi connectivity index (χ1v) is 9.42. The number of fused-ring (bicyclic) bond motifs is 1. The third-order valence-electron chi connectivity index (χ3n) is 4.38. The molecule has 4 rings (SSSR count). The zero-order valence-electron chi connectivity index (χ0n) is 13.2. The summed E-state index contributed by atoms with van der Waals surface area (Å²) in [6.07, 6.45) is 5.76. The van der Waals surface area contributed by atoms with Crippen LogP contribution in [-0.2, 0) is 11.2 Å². The maximum absolute atomic E-state index is 11.7. The molecule has 1 atom stereocenters. The molecule has 2 aliphatic rings. The number of ether oxygens (including phenoxy) is 2. The van der Waals surface area contributed by atoms with E-state index in [0.717, 1.165) is 42.0 Å². The second kappa shape index (κ2) is 6.96. The minimum atomic E-state index is -1.05. The number of nitrogens with zero attached hydrogens (tertiary/aromatic N) is 2. The lowest BCUT2D eigenvalue weighted by atomic mass is 9.99. The molecular weight excluding hydrogens is 326 g/mol. The van der Waals surface area contributed by atoms with Crippen molar-refractivity contribution in [3.05, 3.63) is 30.6 Å². The van der Waals surface area contributed by atoms with Gasteiger partial charge >= 0.3 is 6.01 Å². The highest BCUT2D eigenvalue weighted by molar-refractivity contribution is 7.91. The molecule has 0 radical (unpaired) electrons. The van der Waals surface area contributed by atoms with Crippen LogP contribution in [0.15, 0.2) is 35.5 Å². The zero-order chi connectivity index (χ0) is 16.4. The van der Waals surface area contributed by atoms with E-state index >= 15 is 0 Å². The van der Waals surface area contributed by atoms with E-state index in [9.17, 15) is 4.55 Å². The summed E-state index contributed by atoms with van der Waals surface area (Å²) in [5, 5.41) is 3.34. The summed E-state index contributed by atoms with van der Waals surface area (Å²) in [5.74, 6) is 1.49. The van der Waals surface area contributed by atoms with E-state index in [2.05, 4.69) is 15.3 Å². The monoisotopic (exact) mass is 345 g/mol. The number of aromatic nitrogens is 2.